The number of nitrogens with zero attached hydrogens (tertiary/aromatic N) is 3. The molecule has 1 atom stereocenters. The first-order valence-electron chi connectivity index (χ1n) is 7.34. The van der Waals surface area contributed by atoms with Crippen LogP contribution in [0.25, 0.3) is 5.52 Å². The molecule has 0 aliphatic carbocycles. The van der Waals surface area contributed by atoms with Crippen molar-refractivity contribution in [2.24, 2.45) is 5.92 Å². The number of aromatic nitrogens is 3. The SMILES string of the molecule is CC(C)CCC(C)NCCn1ccn2nccc2c1=O. The zero-order chi connectivity index (χ0) is 14.5. The van der Waals surface area contributed by atoms with Crippen LogP contribution in [0.1, 0.15) is 33.6 Å². The Kier molecular flexibility index (Phi) is 4.95. The molecule has 0 aliphatic rings. The normalized spacial score (nSPS) is 13.2. The van der Waals surface area contributed by atoms with Crippen LogP contribution in [0.5, 0.6) is 0 Å². The van der Waals surface area contributed by atoms with Crippen molar-refractivity contribution >= 4 is 5.52 Å². The van der Waals surface area contributed by atoms with Crippen molar-refractivity contribution in [2.75, 3.05) is 6.54 Å². The fourth-order valence-corrected chi connectivity index (χ4v) is 2.25. The summed E-state index contributed by atoms with van der Waals surface area (Å²) in [5.41, 5.74) is 0.641. The summed E-state index contributed by atoms with van der Waals surface area (Å²) in [5, 5.41) is 7.53. The van der Waals surface area contributed by atoms with Gasteiger partial charge in [-0.05, 0) is 31.7 Å². The molecule has 0 amide bonds. The van der Waals surface area contributed by atoms with Crippen LogP contribution in [-0.4, -0.2) is 26.8 Å². The third-order valence-corrected chi connectivity index (χ3v) is 3.56. The van der Waals surface area contributed by atoms with Crippen molar-refractivity contribution in [2.45, 2.75) is 46.2 Å². The van der Waals surface area contributed by atoms with Gasteiger partial charge in [0.1, 0.15) is 5.52 Å². The molecule has 5 heteroatoms. The summed E-state index contributed by atoms with van der Waals surface area (Å²) >= 11 is 0. The lowest BCUT2D eigenvalue weighted by atomic mass is 10.0. The third kappa shape index (κ3) is 3.70. The van der Waals surface area contributed by atoms with Crippen LogP contribution in [0.4, 0.5) is 0 Å². The highest BCUT2D eigenvalue weighted by molar-refractivity contribution is 5.42. The molecule has 2 heterocycles. The zero-order valence-corrected chi connectivity index (χ0v) is 12.5. The minimum absolute atomic E-state index is 0.0154. The van der Waals surface area contributed by atoms with Gasteiger partial charge in [-0.3, -0.25) is 4.79 Å². The smallest absolute Gasteiger partial charge is 0.276 e. The minimum Gasteiger partial charge on any atom is -0.312 e. The average Bonchev–Trinajstić information content (AvgIpc) is 2.88. The Hall–Kier alpha value is -1.62. The van der Waals surface area contributed by atoms with E-state index in [1.807, 2.05) is 6.20 Å². The molecule has 0 saturated carbocycles. The molecule has 0 spiro atoms. The fraction of sp³-hybridized carbons (Fsp3) is 0.600. The molecular formula is C15H24N4O. The van der Waals surface area contributed by atoms with Crippen molar-refractivity contribution in [3.8, 4) is 0 Å². The first-order valence-corrected chi connectivity index (χ1v) is 7.34. The molecule has 1 N–H and O–H groups in total. The summed E-state index contributed by atoms with van der Waals surface area (Å²) in [6, 6.07) is 2.24. The Morgan fingerprint density at radius 2 is 2.05 bits per heavy atom. The van der Waals surface area contributed by atoms with Crippen molar-refractivity contribution in [3.63, 3.8) is 0 Å². The highest BCUT2D eigenvalue weighted by atomic mass is 16.1. The Balaban J connectivity index is 1.86. The van der Waals surface area contributed by atoms with Crippen molar-refractivity contribution in [1.82, 2.24) is 19.5 Å². The van der Waals surface area contributed by atoms with Gasteiger partial charge in [-0.15, -0.1) is 0 Å². The lowest BCUT2D eigenvalue weighted by molar-refractivity contribution is 0.439. The summed E-state index contributed by atoms with van der Waals surface area (Å²) in [4.78, 5) is 12.2. The molecule has 2 rings (SSSR count). The molecule has 0 fully saturated rings. The Morgan fingerprint density at radius 1 is 1.25 bits per heavy atom. The molecule has 110 valence electrons. The summed E-state index contributed by atoms with van der Waals surface area (Å²) < 4.78 is 3.34. The molecule has 0 bridgehead atoms. The topological polar surface area (TPSA) is 51.3 Å². The second-order valence-corrected chi connectivity index (χ2v) is 5.78. The lowest BCUT2D eigenvalue weighted by Gasteiger charge is -2.15. The van der Waals surface area contributed by atoms with Gasteiger partial charge in [0.15, 0.2) is 0 Å². The van der Waals surface area contributed by atoms with Gasteiger partial charge in [0.2, 0.25) is 0 Å². The summed E-state index contributed by atoms with van der Waals surface area (Å²) in [5.74, 6) is 0.742. The summed E-state index contributed by atoms with van der Waals surface area (Å²) in [6.45, 7) is 8.18. The van der Waals surface area contributed by atoms with Gasteiger partial charge in [0.05, 0.1) is 6.20 Å². The molecule has 20 heavy (non-hydrogen) atoms. The summed E-state index contributed by atoms with van der Waals surface area (Å²) in [6.07, 6.45) is 7.67. The molecule has 2 aromatic heterocycles. The predicted octanol–water partition coefficient (Wildman–Crippen LogP) is 1.91. The van der Waals surface area contributed by atoms with E-state index < -0.39 is 0 Å². The van der Waals surface area contributed by atoms with E-state index in [0.29, 0.717) is 18.1 Å². The molecule has 2 aromatic rings. The van der Waals surface area contributed by atoms with Crippen LogP contribution in [0.15, 0.2) is 29.5 Å². The third-order valence-electron chi connectivity index (χ3n) is 3.56. The van der Waals surface area contributed by atoms with E-state index in [1.165, 1.54) is 12.8 Å². The van der Waals surface area contributed by atoms with Gasteiger partial charge >= 0.3 is 0 Å². The van der Waals surface area contributed by atoms with Crippen molar-refractivity contribution < 1.29 is 0 Å². The van der Waals surface area contributed by atoms with Gasteiger partial charge in [-0.2, -0.15) is 5.10 Å². The van der Waals surface area contributed by atoms with Gasteiger partial charge in [-0.1, -0.05) is 13.8 Å². The van der Waals surface area contributed by atoms with Crippen LogP contribution in [0.3, 0.4) is 0 Å². The molecule has 0 aromatic carbocycles. The maximum Gasteiger partial charge on any atom is 0.276 e. The standard InChI is InChI=1S/C15H24N4O/c1-12(2)4-5-13(3)16-8-9-18-10-11-19-14(15(18)20)6-7-17-19/h6-7,10-13,16H,4-5,8-9H2,1-3H3. The summed E-state index contributed by atoms with van der Waals surface area (Å²) in [7, 11) is 0. The number of hydrogen-bond donors (Lipinski definition) is 1. The van der Waals surface area contributed by atoms with Crippen LogP contribution < -0.4 is 10.9 Å². The van der Waals surface area contributed by atoms with Gasteiger partial charge in [0, 0.05) is 31.5 Å². The van der Waals surface area contributed by atoms with Crippen LogP contribution in [0.2, 0.25) is 0 Å². The number of nitrogens with one attached hydrogen (secondary N) is 1. The molecule has 0 radical (unpaired) electrons. The maximum absolute atomic E-state index is 12.2. The predicted molar refractivity (Wildman–Crippen MR) is 81.0 cm³/mol. The maximum atomic E-state index is 12.2. The van der Waals surface area contributed by atoms with E-state index in [9.17, 15) is 4.79 Å². The van der Waals surface area contributed by atoms with E-state index in [1.54, 1.807) is 27.5 Å². The van der Waals surface area contributed by atoms with Gasteiger partial charge in [0.25, 0.3) is 5.56 Å². The zero-order valence-electron chi connectivity index (χ0n) is 12.5. The van der Waals surface area contributed by atoms with Crippen molar-refractivity contribution in [1.29, 1.82) is 0 Å². The van der Waals surface area contributed by atoms with Gasteiger partial charge in [-0.25, -0.2) is 4.52 Å². The molecule has 5 nitrogen and oxygen atoms in total. The molecule has 0 saturated heterocycles. The molecule has 1 unspecified atom stereocenters. The van der Waals surface area contributed by atoms with E-state index in [-0.39, 0.29) is 5.56 Å². The van der Waals surface area contributed by atoms with E-state index in [2.05, 4.69) is 31.2 Å². The Labute approximate surface area is 119 Å². The fourth-order valence-electron chi connectivity index (χ4n) is 2.25. The van der Waals surface area contributed by atoms with Gasteiger partial charge < -0.3 is 9.88 Å². The highest BCUT2D eigenvalue weighted by Crippen LogP contribution is 2.06. The van der Waals surface area contributed by atoms with Crippen LogP contribution in [-0.2, 0) is 6.54 Å². The first kappa shape index (κ1) is 14.8. The average molecular weight is 276 g/mol. The largest absolute Gasteiger partial charge is 0.312 e. The first-order chi connectivity index (χ1) is 9.58. The van der Waals surface area contributed by atoms with Crippen LogP contribution >= 0.6 is 0 Å². The van der Waals surface area contributed by atoms with E-state index >= 15 is 0 Å². The lowest BCUT2D eigenvalue weighted by Crippen LogP contribution is -2.32. The monoisotopic (exact) mass is 276 g/mol. The number of rotatable bonds is 7. The Bertz CT molecular complexity index is 599. The highest BCUT2D eigenvalue weighted by Gasteiger charge is 2.05. The Morgan fingerprint density at radius 3 is 2.80 bits per heavy atom. The second kappa shape index (κ2) is 6.70. The van der Waals surface area contributed by atoms with E-state index in [4.69, 9.17) is 0 Å². The molecule has 0 aliphatic heterocycles. The van der Waals surface area contributed by atoms with Crippen LogP contribution in [0, 0.1) is 5.92 Å². The number of fused-ring (bicyclic) bond motifs is 1. The van der Waals surface area contributed by atoms with E-state index in [0.717, 1.165) is 12.5 Å². The molecular weight excluding hydrogens is 252 g/mol. The van der Waals surface area contributed by atoms with Crippen molar-refractivity contribution in [3.05, 3.63) is 35.0 Å². The minimum atomic E-state index is 0.0154. The quantitative estimate of drug-likeness (QED) is 0.840. The number of hydrogen-bond acceptors (Lipinski definition) is 3. The second-order valence-electron chi connectivity index (χ2n) is 5.78.